The lowest BCUT2D eigenvalue weighted by Gasteiger charge is -2.06. The van der Waals surface area contributed by atoms with Gasteiger partial charge in [0.25, 0.3) is 5.56 Å². The number of methoxy groups -OCH3 is 1. The van der Waals surface area contributed by atoms with Crippen molar-refractivity contribution in [1.29, 1.82) is 0 Å². The molecular weight excluding hydrogens is 242 g/mol. The first-order valence-corrected chi connectivity index (χ1v) is 5.31. The number of H-pyrrole nitrogens is 2. The first-order chi connectivity index (χ1) is 8.52. The SMILES string of the molecule is COc1c(F)cc(Cc2c(C)[nH][nH]c2=O)cc1F. The molecule has 6 heteroatoms. The van der Waals surface area contributed by atoms with E-state index < -0.39 is 17.4 Å². The fourth-order valence-electron chi connectivity index (χ4n) is 1.80. The van der Waals surface area contributed by atoms with E-state index in [9.17, 15) is 13.6 Å². The van der Waals surface area contributed by atoms with Gasteiger partial charge in [-0.1, -0.05) is 0 Å². The average molecular weight is 254 g/mol. The smallest absolute Gasteiger partial charge is 0.267 e. The number of aromatic nitrogens is 2. The van der Waals surface area contributed by atoms with Crippen molar-refractivity contribution in [2.45, 2.75) is 13.3 Å². The van der Waals surface area contributed by atoms with Crippen LogP contribution in [0.25, 0.3) is 0 Å². The fourth-order valence-corrected chi connectivity index (χ4v) is 1.80. The molecule has 0 fully saturated rings. The second-order valence-corrected chi connectivity index (χ2v) is 3.95. The van der Waals surface area contributed by atoms with E-state index >= 15 is 0 Å². The predicted molar refractivity (Wildman–Crippen MR) is 61.9 cm³/mol. The highest BCUT2D eigenvalue weighted by atomic mass is 19.1. The molecule has 0 aliphatic rings. The molecular formula is C12H12F2N2O2. The van der Waals surface area contributed by atoms with E-state index in [-0.39, 0.29) is 12.0 Å². The van der Waals surface area contributed by atoms with Crippen LogP contribution in [0.3, 0.4) is 0 Å². The summed E-state index contributed by atoms with van der Waals surface area (Å²) in [4.78, 5) is 11.4. The van der Waals surface area contributed by atoms with Gasteiger partial charge in [-0.15, -0.1) is 0 Å². The van der Waals surface area contributed by atoms with Crippen LogP contribution in [0.15, 0.2) is 16.9 Å². The zero-order valence-corrected chi connectivity index (χ0v) is 9.93. The molecule has 0 aliphatic heterocycles. The average Bonchev–Trinajstić information content (AvgIpc) is 2.60. The molecule has 0 bridgehead atoms. The Hall–Kier alpha value is -2.11. The maximum Gasteiger partial charge on any atom is 0.267 e. The molecule has 0 saturated heterocycles. The molecule has 0 atom stereocenters. The normalized spacial score (nSPS) is 10.7. The highest BCUT2D eigenvalue weighted by Crippen LogP contribution is 2.23. The number of rotatable bonds is 3. The quantitative estimate of drug-likeness (QED) is 0.878. The number of hydrogen-bond donors (Lipinski definition) is 2. The third-order valence-electron chi connectivity index (χ3n) is 2.73. The third kappa shape index (κ3) is 2.13. The van der Waals surface area contributed by atoms with Crippen LogP contribution < -0.4 is 10.3 Å². The number of benzene rings is 1. The number of halogens is 2. The Labute approximate surface area is 102 Å². The second kappa shape index (κ2) is 4.64. The van der Waals surface area contributed by atoms with Crippen LogP contribution >= 0.6 is 0 Å². The number of hydrogen-bond acceptors (Lipinski definition) is 2. The summed E-state index contributed by atoms with van der Waals surface area (Å²) in [6, 6.07) is 2.32. The summed E-state index contributed by atoms with van der Waals surface area (Å²) < 4.78 is 31.6. The molecule has 1 heterocycles. The lowest BCUT2D eigenvalue weighted by molar-refractivity contribution is 0.359. The molecule has 1 aromatic heterocycles. The number of aryl methyl sites for hydroxylation is 1. The lowest BCUT2D eigenvalue weighted by atomic mass is 10.1. The molecule has 2 aromatic rings. The maximum absolute atomic E-state index is 13.5. The van der Waals surface area contributed by atoms with Gasteiger partial charge in [0, 0.05) is 17.7 Å². The standard InChI is InChI=1S/C12H12F2N2O2/c1-6-8(12(17)16-15-6)3-7-4-9(13)11(18-2)10(14)5-7/h4-5H,3H2,1-2H3,(H2,15,16,17). The number of nitrogens with one attached hydrogen (secondary N) is 2. The minimum absolute atomic E-state index is 0.155. The highest BCUT2D eigenvalue weighted by Gasteiger charge is 2.14. The van der Waals surface area contributed by atoms with Crippen molar-refractivity contribution < 1.29 is 13.5 Å². The van der Waals surface area contributed by atoms with Gasteiger partial charge in [-0.3, -0.25) is 9.89 Å². The molecule has 2 N–H and O–H groups in total. The summed E-state index contributed by atoms with van der Waals surface area (Å²) in [6.45, 7) is 1.71. The molecule has 4 nitrogen and oxygen atoms in total. The van der Waals surface area contributed by atoms with Crippen LogP contribution in [0.2, 0.25) is 0 Å². The summed E-state index contributed by atoms with van der Waals surface area (Å²) in [5.41, 5.74) is 1.19. The van der Waals surface area contributed by atoms with Crippen molar-refractivity contribution in [3.63, 3.8) is 0 Å². The van der Waals surface area contributed by atoms with E-state index in [1.54, 1.807) is 6.92 Å². The van der Waals surface area contributed by atoms with E-state index in [1.165, 1.54) is 7.11 Å². The van der Waals surface area contributed by atoms with Crippen LogP contribution in [0.4, 0.5) is 8.78 Å². The van der Waals surface area contributed by atoms with Gasteiger partial charge < -0.3 is 9.84 Å². The Morgan fingerprint density at radius 1 is 1.22 bits per heavy atom. The van der Waals surface area contributed by atoms with E-state index in [4.69, 9.17) is 0 Å². The monoisotopic (exact) mass is 254 g/mol. The minimum atomic E-state index is -0.780. The molecule has 0 radical (unpaired) electrons. The first kappa shape index (κ1) is 12.3. The van der Waals surface area contributed by atoms with Gasteiger partial charge in [-0.2, -0.15) is 0 Å². The molecule has 1 aromatic carbocycles. The summed E-state index contributed by atoms with van der Waals surface area (Å²) >= 11 is 0. The maximum atomic E-state index is 13.5. The minimum Gasteiger partial charge on any atom is -0.491 e. The van der Waals surface area contributed by atoms with Gasteiger partial charge >= 0.3 is 0 Å². The van der Waals surface area contributed by atoms with Crippen molar-refractivity contribution in [2.75, 3.05) is 7.11 Å². The molecule has 96 valence electrons. The van der Waals surface area contributed by atoms with E-state index in [0.29, 0.717) is 16.8 Å². The zero-order chi connectivity index (χ0) is 13.3. The molecule has 0 saturated carbocycles. The number of aromatic amines is 2. The van der Waals surface area contributed by atoms with Gasteiger partial charge in [-0.25, -0.2) is 8.78 Å². The summed E-state index contributed by atoms with van der Waals surface area (Å²) in [7, 11) is 1.20. The van der Waals surface area contributed by atoms with Crippen molar-refractivity contribution in [2.24, 2.45) is 0 Å². The Morgan fingerprint density at radius 2 is 1.83 bits per heavy atom. The second-order valence-electron chi connectivity index (χ2n) is 3.95. The summed E-state index contributed by atoms with van der Waals surface area (Å²) in [5.74, 6) is -1.98. The van der Waals surface area contributed by atoms with Gasteiger partial charge in [-0.05, 0) is 24.6 Å². The number of ether oxygens (including phenoxy) is 1. The topological polar surface area (TPSA) is 57.9 Å². The summed E-state index contributed by atoms with van der Waals surface area (Å²) in [6.07, 6.45) is 0.155. The van der Waals surface area contributed by atoms with Crippen LogP contribution in [0, 0.1) is 18.6 Å². The molecule has 0 amide bonds. The lowest BCUT2D eigenvalue weighted by Crippen LogP contribution is -2.07. The van der Waals surface area contributed by atoms with E-state index in [2.05, 4.69) is 14.9 Å². The van der Waals surface area contributed by atoms with E-state index in [1.807, 2.05) is 0 Å². The Bertz CT molecular complexity index is 608. The third-order valence-corrected chi connectivity index (χ3v) is 2.73. The zero-order valence-electron chi connectivity index (χ0n) is 9.93. The van der Waals surface area contributed by atoms with Crippen molar-refractivity contribution in [1.82, 2.24) is 10.2 Å². The Kier molecular flexibility index (Phi) is 3.18. The van der Waals surface area contributed by atoms with Gasteiger partial charge in [0.05, 0.1) is 7.11 Å². The molecule has 0 spiro atoms. The van der Waals surface area contributed by atoms with Crippen molar-refractivity contribution in [3.05, 3.63) is 50.9 Å². The van der Waals surface area contributed by atoms with Crippen LogP contribution in [-0.4, -0.2) is 17.3 Å². The van der Waals surface area contributed by atoms with Crippen molar-refractivity contribution in [3.8, 4) is 5.75 Å². The molecule has 0 unspecified atom stereocenters. The van der Waals surface area contributed by atoms with Crippen LogP contribution in [-0.2, 0) is 6.42 Å². The highest BCUT2D eigenvalue weighted by molar-refractivity contribution is 5.34. The molecule has 0 aliphatic carbocycles. The first-order valence-electron chi connectivity index (χ1n) is 5.31. The molecule has 18 heavy (non-hydrogen) atoms. The molecule has 2 rings (SSSR count). The van der Waals surface area contributed by atoms with Gasteiger partial charge in [0.2, 0.25) is 0 Å². The van der Waals surface area contributed by atoms with E-state index in [0.717, 1.165) is 12.1 Å². The predicted octanol–water partition coefficient (Wildman–Crippen LogP) is 1.89. The van der Waals surface area contributed by atoms with Gasteiger partial charge in [0.1, 0.15) is 0 Å². The summed E-state index contributed by atoms with van der Waals surface area (Å²) in [5, 5.41) is 5.08. The Balaban J connectivity index is 2.39. The fraction of sp³-hybridized carbons (Fsp3) is 0.250. The van der Waals surface area contributed by atoms with Gasteiger partial charge in [0.15, 0.2) is 17.4 Å². The van der Waals surface area contributed by atoms with Crippen LogP contribution in [0.5, 0.6) is 5.75 Å². The van der Waals surface area contributed by atoms with Crippen molar-refractivity contribution >= 4 is 0 Å². The largest absolute Gasteiger partial charge is 0.491 e. The Morgan fingerprint density at radius 3 is 2.28 bits per heavy atom. The van der Waals surface area contributed by atoms with Crippen LogP contribution in [0.1, 0.15) is 16.8 Å².